The maximum atomic E-state index is 13.0. The Labute approximate surface area is 204 Å². The summed E-state index contributed by atoms with van der Waals surface area (Å²) in [5, 5.41) is 2.95. The molecule has 1 aliphatic carbocycles. The van der Waals surface area contributed by atoms with Gasteiger partial charge in [0.1, 0.15) is 11.6 Å². The Morgan fingerprint density at radius 2 is 1.74 bits per heavy atom. The molecule has 1 saturated carbocycles. The number of rotatable bonds is 9. The van der Waals surface area contributed by atoms with Crippen molar-refractivity contribution in [1.82, 2.24) is 14.9 Å². The Bertz CT molecular complexity index is 1170. The third-order valence-electron chi connectivity index (χ3n) is 6.00. The average molecular weight is 473 g/mol. The molecule has 1 saturated heterocycles. The number of benzene rings is 2. The number of ketones is 1. The van der Waals surface area contributed by atoms with Crippen LogP contribution in [0.4, 0.5) is 5.69 Å². The van der Waals surface area contributed by atoms with E-state index in [1.165, 1.54) is 0 Å². The van der Waals surface area contributed by atoms with Crippen molar-refractivity contribution in [3.63, 3.8) is 0 Å². The van der Waals surface area contributed by atoms with Crippen LogP contribution in [0.1, 0.15) is 29.0 Å². The van der Waals surface area contributed by atoms with Crippen molar-refractivity contribution in [1.29, 1.82) is 0 Å². The molecule has 3 aromatic rings. The first kappa shape index (κ1) is 23.1. The van der Waals surface area contributed by atoms with Crippen LogP contribution < -0.4 is 10.1 Å². The third kappa shape index (κ3) is 6.29. The van der Waals surface area contributed by atoms with E-state index >= 15 is 0 Å². The predicted molar refractivity (Wildman–Crippen MR) is 131 cm³/mol. The highest BCUT2D eigenvalue weighted by Crippen LogP contribution is 2.33. The lowest BCUT2D eigenvalue weighted by Crippen LogP contribution is -2.41. The maximum absolute atomic E-state index is 13.0. The lowest BCUT2D eigenvalue weighted by Gasteiger charge is -2.26. The van der Waals surface area contributed by atoms with Crippen LogP contribution >= 0.6 is 0 Å². The molecule has 2 fully saturated rings. The van der Waals surface area contributed by atoms with Gasteiger partial charge < -0.3 is 14.8 Å². The van der Waals surface area contributed by atoms with Crippen molar-refractivity contribution >= 4 is 17.4 Å². The van der Waals surface area contributed by atoms with E-state index in [1.807, 2.05) is 35.2 Å². The van der Waals surface area contributed by atoms with Gasteiger partial charge in [-0.1, -0.05) is 30.3 Å². The molecule has 2 aromatic carbocycles. The predicted octanol–water partition coefficient (Wildman–Crippen LogP) is 3.38. The molecular formula is C27H28N4O4. The highest BCUT2D eigenvalue weighted by Gasteiger charge is 2.26. The van der Waals surface area contributed by atoms with Crippen LogP contribution in [0.5, 0.6) is 5.75 Å². The minimum Gasteiger partial charge on any atom is -0.488 e. The standard InChI is InChI=1S/C27H28N4O4/c32-24(15-26-28-16-21(17-29-26)19-4-2-1-3-5-19)20-6-9-25(35-22-7-8-22)23(14-20)30-27(33)18-31-10-12-34-13-11-31/h1-6,9,14,16-17,22H,7-8,10-13,15,18H2,(H,30,33). The summed E-state index contributed by atoms with van der Waals surface area (Å²) in [5.41, 5.74) is 2.91. The zero-order chi connectivity index (χ0) is 24.0. The Morgan fingerprint density at radius 3 is 2.46 bits per heavy atom. The fourth-order valence-corrected chi connectivity index (χ4v) is 3.89. The van der Waals surface area contributed by atoms with E-state index < -0.39 is 0 Å². The van der Waals surface area contributed by atoms with Crippen molar-refractivity contribution in [2.24, 2.45) is 0 Å². The minimum absolute atomic E-state index is 0.0685. The molecule has 5 rings (SSSR count). The summed E-state index contributed by atoms with van der Waals surface area (Å²) in [7, 11) is 0. The second-order valence-electron chi connectivity index (χ2n) is 8.82. The summed E-state index contributed by atoms with van der Waals surface area (Å²) < 4.78 is 11.3. The van der Waals surface area contributed by atoms with Crippen molar-refractivity contribution in [2.45, 2.75) is 25.4 Å². The van der Waals surface area contributed by atoms with Gasteiger partial charge in [0, 0.05) is 36.6 Å². The van der Waals surface area contributed by atoms with Crippen molar-refractivity contribution in [3.05, 3.63) is 72.3 Å². The second-order valence-corrected chi connectivity index (χ2v) is 8.82. The number of Topliss-reactive ketones (excluding diaryl/α,β-unsaturated/α-hetero) is 1. The molecule has 1 amide bonds. The zero-order valence-electron chi connectivity index (χ0n) is 19.5. The van der Waals surface area contributed by atoms with E-state index in [0.717, 1.165) is 37.1 Å². The molecule has 1 aliphatic heterocycles. The molecule has 180 valence electrons. The molecule has 0 unspecified atom stereocenters. The first-order chi connectivity index (χ1) is 17.1. The van der Waals surface area contributed by atoms with Gasteiger partial charge in [-0.15, -0.1) is 0 Å². The number of anilines is 1. The van der Waals surface area contributed by atoms with Gasteiger partial charge in [-0.2, -0.15) is 0 Å². The number of carbonyl (C=O) groups excluding carboxylic acids is 2. The summed E-state index contributed by atoms with van der Waals surface area (Å²) in [6.45, 7) is 2.97. The normalized spacial score (nSPS) is 16.0. The van der Waals surface area contributed by atoms with Crippen LogP contribution in [0.2, 0.25) is 0 Å². The number of nitrogens with zero attached hydrogens (tertiary/aromatic N) is 3. The van der Waals surface area contributed by atoms with Crippen molar-refractivity contribution in [2.75, 3.05) is 38.2 Å². The van der Waals surface area contributed by atoms with Crippen LogP contribution in [-0.2, 0) is 16.0 Å². The van der Waals surface area contributed by atoms with Crippen LogP contribution in [0.25, 0.3) is 11.1 Å². The number of hydrogen-bond donors (Lipinski definition) is 1. The van der Waals surface area contributed by atoms with Gasteiger partial charge >= 0.3 is 0 Å². The fourth-order valence-electron chi connectivity index (χ4n) is 3.89. The number of morpholine rings is 1. The number of nitrogens with one attached hydrogen (secondary N) is 1. The van der Waals surface area contributed by atoms with Crippen LogP contribution in [0.3, 0.4) is 0 Å². The average Bonchev–Trinajstić information content (AvgIpc) is 3.71. The van der Waals surface area contributed by atoms with E-state index in [2.05, 4.69) is 15.3 Å². The quantitative estimate of drug-likeness (QED) is 0.477. The summed E-state index contributed by atoms with van der Waals surface area (Å²) >= 11 is 0. The smallest absolute Gasteiger partial charge is 0.238 e. The fraction of sp³-hybridized carbons (Fsp3) is 0.333. The Hall–Kier alpha value is -3.62. The third-order valence-corrected chi connectivity index (χ3v) is 6.00. The number of ether oxygens (including phenoxy) is 2. The van der Waals surface area contributed by atoms with E-state index in [4.69, 9.17) is 9.47 Å². The Morgan fingerprint density at radius 1 is 1.00 bits per heavy atom. The molecule has 2 heterocycles. The lowest BCUT2D eigenvalue weighted by atomic mass is 10.1. The number of carbonyl (C=O) groups is 2. The first-order valence-corrected chi connectivity index (χ1v) is 11.9. The minimum atomic E-state index is -0.142. The van der Waals surface area contributed by atoms with Gasteiger partial charge in [-0.05, 0) is 36.6 Å². The largest absolute Gasteiger partial charge is 0.488 e. The molecule has 1 aromatic heterocycles. The van der Waals surface area contributed by atoms with Gasteiger partial charge in [0.05, 0.1) is 38.0 Å². The number of hydrogen-bond acceptors (Lipinski definition) is 7. The van der Waals surface area contributed by atoms with Crippen molar-refractivity contribution in [3.8, 4) is 16.9 Å². The Kier molecular flexibility index (Phi) is 7.11. The maximum Gasteiger partial charge on any atom is 0.238 e. The summed E-state index contributed by atoms with van der Waals surface area (Å²) in [6, 6.07) is 15.0. The molecule has 0 spiro atoms. The molecule has 0 bridgehead atoms. The highest BCUT2D eigenvalue weighted by molar-refractivity contribution is 6.00. The first-order valence-electron chi connectivity index (χ1n) is 11.9. The number of amides is 1. The molecule has 35 heavy (non-hydrogen) atoms. The summed E-state index contributed by atoms with van der Waals surface area (Å²) in [5.74, 6) is 0.768. The molecule has 2 aliphatic rings. The van der Waals surface area contributed by atoms with E-state index in [9.17, 15) is 9.59 Å². The van der Waals surface area contributed by atoms with Crippen LogP contribution in [-0.4, -0.2) is 65.5 Å². The van der Waals surface area contributed by atoms with Gasteiger partial charge in [-0.3, -0.25) is 14.5 Å². The summed E-state index contributed by atoms with van der Waals surface area (Å²) in [4.78, 5) is 36.5. The van der Waals surface area contributed by atoms with Crippen LogP contribution in [0, 0.1) is 0 Å². The van der Waals surface area contributed by atoms with Gasteiger partial charge in [-0.25, -0.2) is 9.97 Å². The monoisotopic (exact) mass is 472 g/mol. The van der Waals surface area contributed by atoms with Gasteiger partial charge in [0.2, 0.25) is 5.91 Å². The molecular weight excluding hydrogens is 444 g/mol. The van der Waals surface area contributed by atoms with Gasteiger partial charge in [0.15, 0.2) is 5.78 Å². The SMILES string of the molecule is O=C(CN1CCOCC1)Nc1cc(C(=O)Cc2ncc(-c3ccccc3)cn2)ccc1OC1CC1. The topological polar surface area (TPSA) is 93.7 Å². The molecule has 8 heteroatoms. The molecule has 0 atom stereocenters. The Balaban J connectivity index is 1.27. The second kappa shape index (κ2) is 10.8. The number of aromatic nitrogens is 2. The summed E-state index contributed by atoms with van der Waals surface area (Å²) in [6.07, 6.45) is 5.70. The van der Waals surface area contributed by atoms with Crippen molar-refractivity contribution < 1.29 is 19.1 Å². The highest BCUT2D eigenvalue weighted by atomic mass is 16.5. The van der Waals surface area contributed by atoms with E-state index in [1.54, 1.807) is 30.6 Å². The van der Waals surface area contributed by atoms with Crippen LogP contribution in [0.15, 0.2) is 60.9 Å². The molecule has 1 N–H and O–H groups in total. The molecule has 8 nitrogen and oxygen atoms in total. The molecule has 0 radical (unpaired) electrons. The van der Waals surface area contributed by atoms with Gasteiger partial charge in [0.25, 0.3) is 0 Å². The lowest BCUT2D eigenvalue weighted by molar-refractivity contribution is -0.118. The van der Waals surface area contributed by atoms with E-state index in [-0.39, 0.29) is 30.8 Å². The van der Waals surface area contributed by atoms with E-state index in [0.29, 0.717) is 36.0 Å². The zero-order valence-corrected chi connectivity index (χ0v) is 19.5.